The summed E-state index contributed by atoms with van der Waals surface area (Å²) < 4.78 is 62.9. The topological polar surface area (TPSA) is 13.0 Å². The first-order valence-corrected chi connectivity index (χ1v) is 18.0. The van der Waals surface area contributed by atoms with Gasteiger partial charge in [-0.3, -0.25) is 19.6 Å². The quantitative estimate of drug-likeness (QED) is 0.168. The van der Waals surface area contributed by atoms with Gasteiger partial charge in [0.15, 0.2) is 11.6 Å². The van der Waals surface area contributed by atoms with E-state index in [9.17, 15) is 0 Å². The van der Waals surface area contributed by atoms with Gasteiger partial charge in [-0.15, -0.1) is 0 Å². The molecule has 0 saturated heterocycles. The van der Waals surface area contributed by atoms with E-state index in [4.69, 9.17) is 0 Å². The molecule has 6 aromatic carbocycles. The zero-order valence-corrected chi connectivity index (χ0v) is 31.5. The summed E-state index contributed by atoms with van der Waals surface area (Å²) in [7, 11) is 0. The third kappa shape index (κ3) is 5.51. The van der Waals surface area contributed by atoms with E-state index in [2.05, 4.69) is 24.3 Å². The van der Waals surface area contributed by atoms with Crippen LogP contribution in [0.15, 0.2) is 109 Å². The summed E-state index contributed by atoms with van der Waals surface area (Å²) in [6.45, 7) is 14.9. The van der Waals surface area contributed by atoms with Crippen molar-refractivity contribution >= 4 is 45.5 Å². The van der Waals surface area contributed by atoms with Gasteiger partial charge in [-0.1, -0.05) is 24.3 Å². The smallest absolute Gasteiger partial charge is 0.166 e. The van der Waals surface area contributed by atoms with Gasteiger partial charge in [0.25, 0.3) is 0 Å². The Morgan fingerprint density at radius 3 is 0.667 bits per heavy atom. The lowest BCUT2D eigenvalue weighted by Gasteiger charge is -2.34. The van der Waals surface area contributed by atoms with Crippen molar-refractivity contribution in [3.8, 4) is 0 Å². The molecule has 0 N–H and O–H groups in total. The standard InChI is InChI=1S/C46H40F4N4/c1-25-9-13-33(21-37(25)47)51-41-17-29(5)30(6)18-42(41)52(34-14-10-26(2)38(48)22-34)45(51)46-53(35-15-11-27(3)39(49)23-35)43-19-31(7)32(8)20-44(43)54(46)36-16-12-28(4)40(50)24-36/h9-24H,1-8H3. The largest absolute Gasteiger partial charge is 0.291 e. The number of hydrogen-bond donors (Lipinski definition) is 0. The van der Waals surface area contributed by atoms with Crippen molar-refractivity contribution in [3.63, 3.8) is 0 Å². The average Bonchev–Trinajstić information content (AvgIpc) is 3.61. The van der Waals surface area contributed by atoms with E-state index < -0.39 is 23.3 Å². The molecule has 2 aliphatic heterocycles. The first kappa shape index (κ1) is 35.0. The lowest BCUT2D eigenvalue weighted by Crippen LogP contribution is -2.33. The summed E-state index contributed by atoms with van der Waals surface area (Å²) in [5.74, 6) is -0.545. The van der Waals surface area contributed by atoms with Crippen molar-refractivity contribution < 1.29 is 17.6 Å². The van der Waals surface area contributed by atoms with Crippen molar-refractivity contribution in [1.29, 1.82) is 0 Å². The number of fused-ring (bicyclic) bond motifs is 2. The molecule has 0 aliphatic carbocycles. The number of rotatable bonds is 4. The van der Waals surface area contributed by atoms with Gasteiger partial charge in [0.2, 0.25) is 0 Å². The summed E-state index contributed by atoms with van der Waals surface area (Å²) in [4.78, 5) is 7.88. The molecule has 6 aromatic rings. The van der Waals surface area contributed by atoms with Crippen LogP contribution in [0.1, 0.15) is 44.5 Å². The fourth-order valence-corrected chi connectivity index (χ4v) is 7.27. The lowest BCUT2D eigenvalue weighted by molar-refractivity contribution is 0.617. The molecular weight excluding hydrogens is 685 g/mol. The van der Waals surface area contributed by atoms with E-state index in [1.807, 2.05) is 71.6 Å². The van der Waals surface area contributed by atoms with Crippen molar-refractivity contribution in [2.75, 3.05) is 19.6 Å². The first-order valence-electron chi connectivity index (χ1n) is 18.0. The summed E-state index contributed by atoms with van der Waals surface area (Å²) in [5, 5.41) is 0. The first-order chi connectivity index (χ1) is 25.7. The predicted octanol–water partition coefficient (Wildman–Crippen LogP) is 13.1. The number of halogens is 4. The lowest BCUT2D eigenvalue weighted by atomic mass is 10.1. The molecule has 2 aliphatic rings. The zero-order valence-electron chi connectivity index (χ0n) is 31.5. The Kier molecular flexibility index (Phi) is 8.32. The number of anilines is 8. The Morgan fingerprint density at radius 1 is 0.278 bits per heavy atom. The van der Waals surface area contributed by atoms with Crippen molar-refractivity contribution in [2.24, 2.45) is 0 Å². The maximum absolute atomic E-state index is 15.7. The van der Waals surface area contributed by atoms with Gasteiger partial charge < -0.3 is 0 Å². The van der Waals surface area contributed by atoms with Crippen LogP contribution in [0.3, 0.4) is 0 Å². The molecular formula is C46H40F4N4. The maximum Gasteiger partial charge on any atom is 0.166 e. The van der Waals surface area contributed by atoms with Crippen LogP contribution in [0.2, 0.25) is 0 Å². The Balaban J connectivity index is 1.59. The van der Waals surface area contributed by atoms with Gasteiger partial charge in [-0.05, 0) is 173 Å². The molecule has 0 spiro atoms. The average molecular weight is 725 g/mol. The summed E-state index contributed by atoms with van der Waals surface area (Å²) in [5.41, 5.74) is 11.0. The second-order valence-corrected chi connectivity index (χ2v) is 14.6. The Morgan fingerprint density at radius 2 is 0.481 bits per heavy atom. The highest BCUT2D eigenvalue weighted by atomic mass is 19.1. The van der Waals surface area contributed by atoms with Gasteiger partial charge >= 0.3 is 0 Å². The van der Waals surface area contributed by atoms with Crippen LogP contribution >= 0.6 is 0 Å². The molecule has 0 bridgehead atoms. The fraction of sp³-hybridized carbons (Fsp3) is 0.174. The third-order valence-corrected chi connectivity index (χ3v) is 10.8. The highest BCUT2D eigenvalue weighted by Crippen LogP contribution is 2.58. The minimum absolute atomic E-state index is 0.391. The van der Waals surface area contributed by atoms with E-state index >= 15 is 17.6 Å². The molecule has 8 heteroatoms. The monoisotopic (exact) mass is 724 g/mol. The van der Waals surface area contributed by atoms with E-state index in [0.29, 0.717) is 56.6 Å². The molecule has 2 heterocycles. The molecule has 0 unspecified atom stereocenters. The van der Waals surface area contributed by atoms with Gasteiger partial charge in [0.1, 0.15) is 23.3 Å². The molecule has 0 saturated carbocycles. The van der Waals surface area contributed by atoms with Crippen molar-refractivity contribution in [3.05, 3.63) is 176 Å². The van der Waals surface area contributed by atoms with Crippen molar-refractivity contribution in [1.82, 2.24) is 0 Å². The zero-order chi connectivity index (χ0) is 38.3. The maximum atomic E-state index is 15.7. The van der Waals surface area contributed by atoms with Crippen LogP contribution in [0, 0.1) is 78.7 Å². The number of nitrogens with zero attached hydrogens (tertiary/aromatic N) is 4. The Bertz CT molecular complexity index is 2220. The molecule has 0 fully saturated rings. The molecule has 272 valence electrons. The second kappa shape index (κ2) is 12.8. The van der Waals surface area contributed by atoms with Crippen LogP contribution in [-0.2, 0) is 0 Å². The van der Waals surface area contributed by atoms with Crippen LogP contribution < -0.4 is 19.6 Å². The summed E-state index contributed by atoms with van der Waals surface area (Å²) >= 11 is 0. The van der Waals surface area contributed by atoms with Gasteiger partial charge in [0.05, 0.1) is 45.5 Å². The molecule has 8 rings (SSSR count). The molecule has 0 atom stereocenters. The molecule has 4 nitrogen and oxygen atoms in total. The Labute approximate surface area is 313 Å². The van der Waals surface area contributed by atoms with Crippen molar-refractivity contribution in [2.45, 2.75) is 55.4 Å². The van der Waals surface area contributed by atoms with Gasteiger partial charge in [-0.25, -0.2) is 17.6 Å². The third-order valence-electron chi connectivity index (χ3n) is 10.8. The molecule has 0 aromatic heterocycles. The normalized spacial score (nSPS) is 13.7. The van der Waals surface area contributed by atoms with Crippen LogP contribution in [0.4, 0.5) is 63.1 Å². The van der Waals surface area contributed by atoms with Crippen LogP contribution in [0.25, 0.3) is 0 Å². The van der Waals surface area contributed by atoms with Gasteiger partial charge in [-0.2, -0.15) is 0 Å². The number of hydrogen-bond acceptors (Lipinski definition) is 4. The van der Waals surface area contributed by atoms with Gasteiger partial charge in [0, 0.05) is 0 Å². The number of aryl methyl sites for hydroxylation is 8. The second-order valence-electron chi connectivity index (χ2n) is 14.6. The highest BCUT2D eigenvalue weighted by Gasteiger charge is 2.45. The number of benzene rings is 6. The van der Waals surface area contributed by atoms with E-state index in [0.717, 1.165) is 45.0 Å². The van der Waals surface area contributed by atoms with E-state index in [1.165, 1.54) is 24.3 Å². The molecule has 0 amide bonds. The minimum Gasteiger partial charge on any atom is -0.291 e. The molecule has 0 radical (unpaired) electrons. The van der Waals surface area contributed by atoms with Crippen LogP contribution in [-0.4, -0.2) is 0 Å². The molecule has 54 heavy (non-hydrogen) atoms. The van der Waals surface area contributed by atoms with Crippen LogP contribution in [0.5, 0.6) is 0 Å². The van der Waals surface area contributed by atoms with E-state index in [1.54, 1.807) is 52.0 Å². The fourth-order valence-electron chi connectivity index (χ4n) is 7.27. The van der Waals surface area contributed by atoms with E-state index in [-0.39, 0.29) is 0 Å². The minimum atomic E-state index is -0.391. The SMILES string of the molecule is Cc1cc2c(cc1C)N(c1ccc(C)c(F)c1)C(=C1N(c3ccc(C)c(F)c3)c3cc(C)c(C)cc3N1c1ccc(C)c(F)c1)N2c1ccc(C)c(F)c1. The summed E-state index contributed by atoms with van der Waals surface area (Å²) in [6.07, 6.45) is 0. The Hall–Kier alpha value is -6.02. The highest BCUT2D eigenvalue weighted by molar-refractivity contribution is 6.00. The summed E-state index contributed by atoms with van der Waals surface area (Å²) in [6, 6.07) is 28.6. The predicted molar refractivity (Wildman–Crippen MR) is 212 cm³/mol.